The van der Waals surface area contributed by atoms with E-state index in [1.54, 1.807) is 9.47 Å². The van der Waals surface area contributed by atoms with E-state index >= 15 is 0 Å². The van der Waals surface area contributed by atoms with Gasteiger partial charge in [0, 0.05) is 31.1 Å². The molecule has 30 heavy (non-hydrogen) atoms. The van der Waals surface area contributed by atoms with Gasteiger partial charge in [-0.15, -0.1) is 0 Å². The molecule has 0 bridgehead atoms. The summed E-state index contributed by atoms with van der Waals surface area (Å²) in [5.41, 5.74) is 1.37. The van der Waals surface area contributed by atoms with E-state index in [0.717, 1.165) is 12.1 Å². The maximum atomic E-state index is 13.1. The molecule has 9 heteroatoms. The first-order chi connectivity index (χ1) is 14.0. The summed E-state index contributed by atoms with van der Waals surface area (Å²) in [4.78, 5) is 42.5. The molecule has 2 aromatic rings. The summed E-state index contributed by atoms with van der Waals surface area (Å²) in [6, 6.07) is 1.81. The van der Waals surface area contributed by atoms with Gasteiger partial charge in [0.1, 0.15) is 17.9 Å². The fourth-order valence-corrected chi connectivity index (χ4v) is 3.61. The molecule has 0 saturated heterocycles. The van der Waals surface area contributed by atoms with Crippen molar-refractivity contribution in [2.24, 2.45) is 0 Å². The van der Waals surface area contributed by atoms with E-state index in [1.165, 1.54) is 4.52 Å². The van der Waals surface area contributed by atoms with Crippen LogP contribution in [0.2, 0.25) is 0 Å². The largest absolute Gasteiger partial charge is 0.353 e. The number of hydrogen-bond acceptors (Lipinski definition) is 5. The van der Waals surface area contributed by atoms with E-state index in [-0.39, 0.29) is 35.9 Å². The van der Waals surface area contributed by atoms with Gasteiger partial charge in [0.2, 0.25) is 5.91 Å². The van der Waals surface area contributed by atoms with Gasteiger partial charge in [-0.05, 0) is 20.5 Å². The third kappa shape index (κ3) is 4.12. The number of aromatic nitrogens is 3. The summed E-state index contributed by atoms with van der Waals surface area (Å²) in [5.74, 6) is -0.407. The molecule has 3 rings (SSSR count). The number of nitrogens with zero attached hydrogens (tertiary/aromatic N) is 5. The second kappa shape index (κ2) is 8.22. The van der Waals surface area contributed by atoms with Crippen LogP contribution in [0.1, 0.15) is 55.9 Å². The summed E-state index contributed by atoms with van der Waals surface area (Å²) in [5, 5.41) is 7.41. The second-order valence-corrected chi connectivity index (χ2v) is 9.15. The Morgan fingerprint density at radius 1 is 1.27 bits per heavy atom. The normalized spacial score (nSPS) is 14.1. The highest BCUT2D eigenvalue weighted by Crippen LogP contribution is 2.26. The third-order valence-electron chi connectivity index (χ3n) is 5.26. The molecule has 0 radical (unpaired) electrons. The van der Waals surface area contributed by atoms with Crippen LogP contribution in [-0.2, 0) is 23.3 Å². The van der Waals surface area contributed by atoms with Crippen LogP contribution in [0.15, 0.2) is 10.9 Å². The van der Waals surface area contributed by atoms with Gasteiger partial charge in [-0.1, -0.05) is 27.7 Å². The maximum Gasteiger partial charge on any atom is 0.280 e. The Morgan fingerprint density at radius 2 is 1.97 bits per heavy atom. The number of nitrogens with one attached hydrogen (secondary N) is 1. The van der Waals surface area contributed by atoms with Crippen molar-refractivity contribution in [2.75, 3.05) is 33.7 Å². The molecule has 0 aromatic carbocycles. The van der Waals surface area contributed by atoms with Crippen molar-refractivity contribution in [3.8, 4) is 0 Å². The fraction of sp³-hybridized carbons (Fsp3) is 0.619. The molecule has 0 atom stereocenters. The van der Waals surface area contributed by atoms with Crippen LogP contribution >= 0.6 is 0 Å². The first-order valence-electron chi connectivity index (χ1n) is 10.4. The molecule has 3 heterocycles. The Morgan fingerprint density at radius 3 is 2.57 bits per heavy atom. The van der Waals surface area contributed by atoms with Crippen molar-refractivity contribution in [1.82, 2.24) is 29.3 Å². The van der Waals surface area contributed by atoms with E-state index in [4.69, 9.17) is 0 Å². The van der Waals surface area contributed by atoms with Gasteiger partial charge in [0.15, 0.2) is 0 Å². The predicted molar refractivity (Wildman–Crippen MR) is 115 cm³/mol. The van der Waals surface area contributed by atoms with Crippen molar-refractivity contribution < 1.29 is 9.59 Å². The van der Waals surface area contributed by atoms with E-state index < -0.39 is 0 Å². The number of hydrogen-bond donors (Lipinski definition) is 1. The maximum absolute atomic E-state index is 13.1. The topological polar surface area (TPSA) is 91.9 Å². The standard InChI is InChI=1S/C21H32N6O3/c1-7-9-25-12-14-18(20(25)30)26(13-16(28)22-8-10-24(5)6)17-11-15(21(2,3)4)23-27(17)19(14)29/h11H,7-10,12-13H2,1-6H3,(H,22,28). The van der Waals surface area contributed by atoms with Gasteiger partial charge in [-0.3, -0.25) is 14.4 Å². The number of likely N-dealkylation sites (N-methyl/N-ethyl adjacent to an activating group) is 1. The molecule has 1 aliphatic rings. The van der Waals surface area contributed by atoms with Crippen LogP contribution in [0.5, 0.6) is 0 Å². The number of fused-ring (bicyclic) bond motifs is 2. The highest BCUT2D eigenvalue weighted by Gasteiger charge is 2.35. The molecule has 0 fully saturated rings. The van der Waals surface area contributed by atoms with E-state index in [1.807, 2.05) is 52.8 Å². The lowest BCUT2D eigenvalue weighted by Crippen LogP contribution is -2.36. The monoisotopic (exact) mass is 416 g/mol. The van der Waals surface area contributed by atoms with Gasteiger partial charge in [-0.25, -0.2) is 0 Å². The average Bonchev–Trinajstić information content (AvgIpc) is 3.22. The third-order valence-corrected chi connectivity index (χ3v) is 5.26. The molecule has 1 N–H and O–H groups in total. The predicted octanol–water partition coefficient (Wildman–Crippen LogP) is 0.837. The summed E-state index contributed by atoms with van der Waals surface area (Å²) < 4.78 is 3.00. The molecule has 1 aliphatic heterocycles. The summed E-state index contributed by atoms with van der Waals surface area (Å²) in [7, 11) is 3.87. The lowest BCUT2D eigenvalue weighted by atomic mass is 9.93. The zero-order chi connectivity index (χ0) is 22.2. The van der Waals surface area contributed by atoms with Gasteiger partial charge in [-0.2, -0.15) is 9.61 Å². The van der Waals surface area contributed by atoms with Crippen molar-refractivity contribution in [2.45, 2.75) is 52.6 Å². The van der Waals surface area contributed by atoms with Crippen molar-refractivity contribution >= 4 is 17.5 Å². The van der Waals surface area contributed by atoms with Crippen LogP contribution in [0.25, 0.3) is 5.65 Å². The molecule has 0 spiro atoms. The Balaban J connectivity index is 2.10. The minimum Gasteiger partial charge on any atom is -0.353 e. The molecule has 2 amide bonds. The molecule has 0 saturated carbocycles. The summed E-state index contributed by atoms with van der Waals surface area (Å²) >= 11 is 0. The summed E-state index contributed by atoms with van der Waals surface area (Å²) in [6.45, 7) is 10.0. The number of rotatable bonds is 7. The van der Waals surface area contributed by atoms with Crippen molar-refractivity contribution in [3.63, 3.8) is 0 Å². The zero-order valence-corrected chi connectivity index (χ0v) is 18.8. The SMILES string of the molecule is CCCN1Cc2c(n(CC(=O)NCCN(C)C)c3cc(C(C)(C)C)nn3c2=O)C1=O. The van der Waals surface area contributed by atoms with Gasteiger partial charge in [0.25, 0.3) is 11.5 Å². The molecule has 2 aromatic heterocycles. The lowest BCUT2D eigenvalue weighted by molar-refractivity contribution is -0.121. The smallest absolute Gasteiger partial charge is 0.280 e. The zero-order valence-electron chi connectivity index (χ0n) is 18.8. The number of carbonyl (C=O) groups is 2. The van der Waals surface area contributed by atoms with Crippen LogP contribution in [0, 0.1) is 0 Å². The Labute approximate surface area is 176 Å². The molecule has 0 aliphatic carbocycles. The van der Waals surface area contributed by atoms with Crippen LogP contribution in [0.4, 0.5) is 0 Å². The lowest BCUT2D eigenvalue weighted by Gasteiger charge is -2.16. The van der Waals surface area contributed by atoms with Crippen LogP contribution in [-0.4, -0.2) is 69.5 Å². The van der Waals surface area contributed by atoms with Gasteiger partial charge >= 0.3 is 0 Å². The molecular weight excluding hydrogens is 384 g/mol. The van der Waals surface area contributed by atoms with E-state index in [0.29, 0.717) is 36.5 Å². The highest BCUT2D eigenvalue weighted by molar-refractivity contribution is 5.97. The summed E-state index contributed by atoms with van der Waals surface area (Å²) in [6.07, 6.45) is 0.796. The Bertz CT molecular complexity index is 1030. The molecule has 164 valence electrons. The highest BCUT2D eigenvalue weighted by atomic mass is 16.2. The minimum absolute atomic E-state index is 0.0411. The minimum atomic E-state index is -0.285. The Hall–Kier alpha value is -2.68. The Kier molecular flexibility index (Phi) is 6.03. The molecular formula is C21H32N6O3. The average molecular weight is 417 g/mol. The van der Waals surface area contributed by atoms with Crippen LogP contribution < -0.4 is 10.9 Å². The first kappa shape index (κ1) is 22.0. The first-order valence-corrected chi connectivity index (χ1v) is 10.4. The quantitative estimate of drug-likeness (QED) is 0.722. The number of carbonyl (C=O) groups excluding carboxylic acids is 2. The molecule has 0 unspecified atom stereocenters. The van der Waals surface area contributed by atoms with Crippen LogP contribution in [0.3, 0.4) is 0 Å². The van der Waals surface area contributed by atoms with E-state index in [2.05, 4.69) is 10.4 Å². The van der Waals surface area contributed by atoms with Gasteiger partial charge < -0.3 is 19.7 Å². The van der Waals surface area contributed by atoms with Gasteiger partial charge in [0.05, 0.1) is 17.8 Å². The number of amides is 2. The van der Waals surface area contributed by atoms with Crippen molar-refractivity contribution in [1.29, 1.82) is 0 Å². The second-order valence-electron chi connectivity index (χ2n) is 9.15. The van der Waals surface area contributed by atoms with E-state index in [9.17, 15) is 14.4 Å². The van der Waals surface area contributed by atoms with Crippen molar-refractivity contribution in [3.05, 3.63) is 33.4 Å². The fourth-order valence-electron chi connectivity index (χ4n) is 3.61. The molecule has 9 nitrogen and oxygen atoms in total.